The van der Waals surface area contributed by atoms with Gasteiger partial charge < -0.3 is 22.1 Å². The highest BCUT2D eigenvalue weighted by Gasteiger charge is 2.04. The summed E-state index contributed by atoms with van der Waals surface area (Å²) in [4.78, 5) is 12.1. The number of anilines is 5. The molecule has 0 saturated carbocycles. The number of amides is 1. The summed E-state index contributed by atoms with van der Waals surface area (Å²) in [6.45, 7) is 0. The highest BCUT2D eigenvalue weighted by molar-refractivity contribution is 5.91. The monoisotopic (exact) mass is 346 g/mol. The fraction of sp³-hybridized carbons (Fsp3) is 0.0952. The average Bonchev–Trinajstić information content (AvgIpc) is 2.65. The second-order valence-electron chi connectivity index (χ2n) is 6.08. The molecule has 5 nitrogen and oxygen atoms in total. The Bertz CT molecular complexity index is 876. The van der Waals surface area contributed by atoms with E-state index in [9.17, 15) is 4.79 Å². The summed E-state index contributed by atoms with van der Waals surface area (Å²) in [7, 11) is 0. The lowest BCUT2D eigenvalue weighted by Gasteiger charge is -2.11. The Hall–Kier alpha value is -3.47. The predicted octanol–water partition coefficient (Wildman–Crippen LogP) is 4.17. The number of nitrogens with one attached hydrogen (secondary N) is 2. The molecule has 0 aliphatic heterocycles. The number of carbonyl (C=O) groups excluding carboxylic acids is 1. The normalized spacial score (nSPS) is 10.3. The first-order valence-corrected chi connectivity index (χ1v) is 8.46. The predicted molar refractivity (Wildman–Crippen MR) is 108 cm³/mol. The second kappa shape index (κ2) is 8.07. The third-order valence-corrected chi connectivity index (χ3v) is 4.01. The lowest BCUT2D eigenvalue weighted by atomic mass is 10.1. The van der Waals surface area contributed by atoms with E-state index in [0.717, 1.165) is 29.0 Å². The molecule has 0 unspecified atom stereocenters. The van der Waals surface area contributed by atoms with Crippen LogP contribution in [0.25, 0.3) is 0 Å². The van der Waals surface area contributed by atoms with E-state index in [0.29, 0.717) is 17.8 Å². The minimum Gasteiger partial charge on any atom is -0.399 e. The van der Waals surface area contributed by atoms with Crippen molar-refractivity contribution in [2.45, 2.75) is 12.8 Å². The minimum atomic E-state index is -0.00246. The van der Waals surface area contributed by atoms with E-state index >= 15 is 0 Å². The Morgan fingerprint density at radius 3 is 2.23 bits per heavy atom. The third kappa shape index (κ3) is 4.77. The Labute approximate surface area is 153 Å². The van der Waals surface area contributed by atoms with Gasteiger partial charge in [0.15, 0.2) is 0 Å². The number of carbonyl (C=O) groups is 1. The summed E-state index contributed by atoms with van der Waals surface area (Å²) in [5.41, 5.74) is 16.4. The van der Waals surface area contributed by atoms with Crippen LogP contribution in [0.15, 0.2) is 72.8 Å². The molecule has 1 amide bonds. The maximum Gasteiger partial charge on any atom is 0.224 e. The topological polar surface area (TPSA) is 93.2 Å². The number of rotatable bonds is 6. The van der Waals surface area contributed by atoms with Gasteiger partial charge in [0.25, 0.3) is 0 Å². The molecule has 0 spiro atoms. The lowest BCUT2D eigenvalue weighted by molar-refractivity contribution is -0.116. The molecule has 0 aliphatic carbocycles. The molecule has 0 atom stereocenters. The van der Waals surface area contributed by atoms with Crippen molar-refractivity contribution in [1.82, 2.24) is 0 Å². The molecular formula is C21H22N4O. The molecule has 0 heterocycles. The number of nitrogen functional groups attached to an aromatic ring is 2. The van der Waals surface area contributed by atoms with E-state index in [1.54, 1.807) is 12.1 Å². The molecule has 6 N–H and O–H groups in total. The summed E-state index contributed by atoms with van der Waals surface area (Å²) >= 11 is 0. The van der Waals surface area contributed by atoms with Crippen LogP contribution in [-0.4, -0.2) is 5.91 Å². The van der Waals surface area contributed by atoms with Crippen molar-refractivity contribution < 1.29 is 4.79 Å². The van der Waals surface area contributed by atoms with Gasteiger partial charge in [0.05, 0.1) is 11.4 Å². The first-order valence-electron chi connectivity index (χ1n) is 8.46. The number of hydrogen-bond donors (Lipinski definition) is 4. The van der Waals surface area contributed by atoms with Gasteiger partial charge in [-0.3, -0.25) is 4.79 Å². The largest absolute Gasteiger partial charge is 0.399 e. The molecule has 132 valence electrons. The van der Waals surface area contributed by atoms with Crippen LogP contribution < -0.4 is 22.1 Å². The molecule has 3 aromatic rings. The summed E-state index contributed by atoms with van der Waals surface area (Å²) in [6.07, 6.45) is 1.18. The van der Waals surface area contributed by atoms with E-state index in [4.69, 9.17) is 11.5 Å². The van der Waals surface area contributed by atoms with E-state index < -0.39 is 0 Å². The zero-order valence-electron chi connectivity index (χ0n) is 14.4. The van der Waals surface area contributed by atoms with E-state index in [-0.39, 0.29) is 5.91 Å². The van der Waals surface area contributed by atoms with Crippen LogP contribution in [0.3, 0.4) is 0 Å². The van der Waals surface area contributed by atoms with Crippen molar-refractivity contribution in [3.05, 3.63) is 78.4 Å². The molecule has 3 aromatic carbocycles. The van der Waals surface area contributed by atoms with Gasteiger partial charge in [-0.15, -0.1) is 0 Å². The smallest absolute Gasteiger partial charge is 0.224 e. The van der Waals surface area contributed by atoms with Crippen LogP contribution in [0.5, 0.6) is 0 Å². The Balaban J connectivity index is 1.54. The van der Waals surface area contributed by atoms with Crippen molar-refractivity contribution in [3.8, 4) is 0 Å². The van der Waals surface area contributed by atoms with Crippen molar-refractivity contribution in [2.75, 3.05) is 22.1 Å². The molecule has 26 heavy (non-hydrogen) atoms. The van der Waals surface area contributed by atoms with E-state index in [1.165, 1.54) is 0 Å². The molecule has 0 saturated heterocycles. The Morgan fingerprint density at radius 1 is 0.846 bits per heavy atom. The molecule has 0 aromatic heterocycles. The van der Waals surface area contributed by atoms with Gasteiger partial charge in [-0.25, -0.2) is 0 Å². The summed E-state index contributed by atoms with van der Waals surface area (Å²) in [5.74, 6) is -0.00246. The molecule has 3 rings (SSSR count). The van der Waals surface area contributed by atoms with E-state index in [1.807, 2.05) is 60.7 Å². The van der Waals surface area contributed by atoms with Gasteiger partial charge >= 0.3 is 0 Å². The number of hydrogen-bond acceptors (Lipinski definition) is 4. The van der Waals surface area contributed by atoms with Gasteiger partial charge in [0.1, 0.15) is 0 Å². The van der Waals surface area contributed by atoms with Gasteiger partial charge in [-0.1, -0.05) is 30.3 Å². The van der Waals surface area contributed by atoms with Crippen molar-refractivity contribution >= 4 is 34.3 Å². The molecule has 0 fully saturated rings. The Morgan fingerprint density at radius 2 is 1.54 bits per heavy atom. The quantitative estimate of drug-likeness (QED) is 0.504. The Kier molecular flexibility index (Phi) is 5.39. The van der Waals surface area contributed by atoms with Crippen LogP contribution in [0.1, 0.15) is 12.0 Å². The maximum atomic E-state index is 12.1. The highest BCUT2D eigenvalue weighted by atomic mass is 16.1. The maximum absolute atomic E-state index is 12.1. The third-order valence-electron chi connectivity index (χ3n) is 4.01. The number of benzene rings is 3. The zero-order valence-corrected chi connectivity index (χ0v) is 14.4. The molecule has 0 aliphatic rings. The van der Waals surface area contributed by atoms with Gasteiger partial charge in [0.2, 0.25) is 5.91 Å². The van der Waals surface area contributed by atoms with E-state index in [2.05, 4.69) is 10.6 Å². The van der Waals surface area contributed by atoms with Gasteiger partial charge in [-0.2, -0.15) is 0 Å². The molecular weight excluding hydrogens is 324 g/mol. The minimum absolute atomic E-state index is 0.00246. The summed E-state index contributed by atoms with van der Waals surface area (Å²) < 4.78 is 0. The molecule has 0 radical (unpaired) electrons. The van der Waals surface area contributed by atoms with Crippen molar-refractivity contribution in [1.29, 1.82) is 0 Å². The van der Waals surface area contributed by atoms with Crippen LogP contribution >= 0.6 is 0 Å². The fourth-order valence-corrected chi connectivity index (χ4v) is 2.61. The first kappa shape index (κ1) is 17.4. The molecule has 5 heteroatoms. The van der Waals surface area contributed by atoms with Crippen molar-refractivity contribution in [2.24, 2.45) is 0 Å². The summed E-state index contributed by atoms with van der Waals surface area (Å²) in [5, 5.41) is 6.15. The SMILES string of the molecule is Nc1ccc(Nc2ccc(NC(=O)CCc3ccccc3)cc2)c(N)c1. The fourth-order valence-electron chi connectivity index (χ4n) is 2.61. The highest BCUT2D eigenvalue weighted by Crippen LogP contribution is 2.25. The number of nitrogens with two attached hydrogens (primary N) is 2. The van der Waals surface area contributed by atoms with Crippen LogP contribution in [0.4, 0.5) is 28.4 Å². The van der Waals surface area contributed by atoms with Gasteiger partial charge in [-0.05, 0) is 54.4 Å². The van der Waals surface area contributed by atoms with Crippen LogP contribution in [0.2, 0.25) is 0 Å². The van der Waals surface area contributed by atoms with Gasteiger partial charge in [0, 0.05) is 23.5 Å². The number of aryl methyl sites for hydroxylation is 1. The second-order valence-corrected chi connectivity index (χ2v) is 6.08. The first-order chi connectivity index (χ1) is 12.6. The molecule has 0 bridgehead atoms. The lowest BCUT2D eigenvalue weighted by Crippen LogP contribution is -2.12. The zero-order chi connectivity index (χ0) is 18.4. The van der Waals surface area contributed by atoms with Crippen LogP contribution in [0, 0.1) is 0 Å². The summed E-state index contributed by atoms with van der Waals surface area (Å²) in [6, 6.07) is 22.8. The standard InChI is InChI=1S/C21H22N4O/c22-16-7-12-20(19(23)14-16)24-17-8-10-18(11-9-17)25-21(26)13-6-15-4-2-1-3-5-15/h1-5,7-12,14,24H,6,13,22-23H2,(H,25,26). The van der Waals surface area contributed by atoms with Crippen molar-refractivity contribution in [3.63, 3.8) is 0 Å². The van der Waals surface area contributed by atoms with Crippen LogP contribution in [-0.2, 0) is 11.2 Å². The average molecular weight is 346 g/mol.